The number of benzene rings is 4. The van der Waals surface area contributed by atoms with E-state index in [9.17, 15) is 4.79 Å². The third-order valence-electron chi connectivity index (χ3n) is 8.23. The zero-order valence-electron chi connectivity index (χ0n) is 28.6. The molecule has 47 heavy (non-hydrogen) atoms. The molecule has 0 saturated heterocycles. The van der Waals surface area contributed by atoms with Crippen molar-refractivity contribution in [3.05, 3.63) is 140 Å². The van der Waals surface area contributed by atoms with Crippen molar-refractivity contribution < 1.29 is 28.8 Å². The SMILES string of the molecule is CC(C)c1cccc(C(C)C)c1-n1ccn(-c2c(C(C)C)cccc2C(C)C)[c]1=[Au][C]#Cc1cccc(C(=O)Oc2ccccc2)c1. The van der Waals surface area contributed by atoms with Crippen LogP contribution in [-0.2, 0) is 19.3 Å². The van der Waals surface area contributed by atoms with Crippen LogP contribution in [0.25, 0.3) is 11.4 Å². The summed E-state index contributed by atoms with van der Waals surface area (Å²) < 4.78 is 15.2. The molecular formula is C42H45AuN2O2. The van der Waals surface area contributed by atoms with E-state index in [4.69, 9.17) is 4.74 Å². The molecule has 5 rings (SSSR count). The van der Waals surface area contributed by atoms with Gasteiger partial charge in [0.1, 0.15) is 0 Å². The first-order chi connectivity index (χ1) is 22.6. The Kier molecular flexibility index (Phi) is 11.0. The van der Waals surface area contributed by atoms with E-state index in [0.29, 0.717) is 35.0 Å². The Morgan fingerprint density at radius 1 is 0.617 bits per heavy atom. The summed E-state index contributed by atoms with van der Waals surface area (Å²) in [6.45, 7) is 18.2. The number of carbonyl (C=O) groups excluding carboxylic acids is 1. The first-order valence-electron chi connectivity index (χ1n) is 16.4. The summed E-state index contributed by atoms with van der Waals surface area (Å²) in [5.41, 5.74) is 9.15. The molecule has 1 heterocycles. The first kappa shape index (κ1) is 34.2. The average Bonchev–Trinajstić information content (AvgIpc) is 3.47. The Morgan fingerprint density at radius 2 is 1.09 bits per heavy atom. The molecule has 5 aromatic rings. The van der Waals surface area contributed by atoms with Crippen LogP contribution in [0.2, 0.25) is 0 Å². The van der Waals surface area contributed by atoms with Crippen molar-refractivity contribution in [1.82, 2.24) is 9.13 Å². The number of carbonyl (C=O) groups is 1. The summed E-state index contributed by atoms with van der Waals surface area (Å²) in [5, 5.41) is 0. The van der Waals surface area contributed by atoms with E-state index in [0.717, 1.165) is 5.56 Å². The van der Waals surface area contributed by atoms with Crippen molar-refractivity contribution in [1.29, 1.82) is 0 Å². The van der Waals surface area contributed by atoms with Crippen LogP contribution in [0.5, 0.6) is 5.75 Å². The molecule has 0 spiro atoms. The number of esters is 1. The monoisotopic (exact) mass is 806 g/mol. The van der Waals surface area contributed by atoms with E-state index in [-0.39, 0.29) is 0 Å². The zero-order valence-corrected chi connectivity index (χ0v) is 30.8. The van der Waals surface area contributed by atoms with Crippen LogP contribution in [0, 0.1) is 13.7 Å². The summed E-state index contributed by atoms with van der Waals surface area (Å²) in [7, 11) is 0. The molecule has 0 atom stereocenters. The fraction of sp³-hybridized carbons (Fsp3) is 0.286. The molecule has 0 aliphatic carbocycles. The molecule has 4 nitrogen and oxygen atoms in total. The maximum absolute atomic E-state index is 12.9. The van der Waals surface area contributed by atoms with Gasteiger partial charge in [0, 0.05) is 0 Å². The second-order valence-corrected chi connectivity index (χ2v) is 15.1. The van der Waals surface area contributed by atoms with E-state index in [2.05, 4.69) is 123 Å². The van der Waals surface area contributed by atoms with Gasteiger partial charge in [0.05, 0.1) is 0 Å². The minimum absolute atomic E-state index is 0.364. The van der Waals surface area contributed by atoms with Crippen LogP contribution >= 0.6 is 0 Å². The molecular weight excluding hydrogens is 761 g/mol. The fourth-order valence-corrected chi connectivity index (χ4v) is 7.82. The van der Waals surface area contributed by atoms with E-state index >= 15 is 0 Å². The third kappa shape index (κ3) is 7.71. The number of para-hydroxylation sites is 3. The van der Waals surface area contributed by atoms with Crippen molar-refractivity contribution in [3.63, 3.8) is 0 Å². The van der Waals surface area contributed by atoms with Crippen molar-refractivity contribution in [2.24, 2.45) is 0 Å². The molecule has 0 unspecified atom stereocenters. The number of hydrogen-bond donors (Lipinski definition) is 0. The van der Waals surface area contributed by atoms with Gasteiger partial charge >= 0.3 is 291 Å². The van der Waals surface area contributed by atoms with Crippen molar-refractivity contribution in [3.8, 4) is 27.2 Å². The van der Waals surface area contributed by atoms with Crippen LogP contribution in [0.15, 0.2) is 103 Å². The molecule has 0 aliphatic rings. The Bertz CT molecular complexity index is 1860. The molecule has 0 aliphatic heterocycles. The molecule has 0 N–H and O–H groups in total. The molecule has 246 valence electrons. The number of hydrogen-bond acceptors (Lipinski definition) is 2. The predicted octanol–water partition coefficient (Wildman–Crippen LogP) is 10.6. The second kappa shape index (κ2) is 15.2. The number of aromatic nitrogens is 2. The summed E-state index contributed by atoms with van der Waals surface area (Å²) >= 11 is -0.651. The number of rotatable bonds is 8. The molecule has 1 aromatic heterocycles. The molecule has 0 radical (unpaired) electrons. The van der Waals surface area contributed by atoms with Gasteiger partial charge in [-0.25, -0.2) is 0 Å². The van der Waals surface area contributed by atoms with Gasteiger partial charge in [0.15, 0.2) is 0 Å². The Balaban J connectivity index is 1.71. The van der Waals surface area contributed by atoms with E-state index in [1.54, 1.807) is 18.2 Å². The van der Waals surface area contributed by atoms with Gasteiger partial charge in [-0.15, -0.1) is 0 Å². The van der Waals surface area contributed by atoms with Crippen LogP contribution in [0.1, 0.15) is 117 Å². The van der Waals surface area contributed by atoms with Gasteiger partial charge < -0.3 is 0 Å². The van der Waals surface area contributed by atoms with Crippen LogP contribution in [0.4, 0.5) is 0 Å². The number of ether oxygens (including phenoxy) is 1. The average molecular weight is 807 g/mol. The van der Waals surface area contributed by atoms with Gasteiger partial charge in [-0.1, -0.05) is 0 Å². The van der Waals surface area contributed by atoms with Gasteiger partial charge in [-0.3, -0.25) is 0 Å². The van der Waals surface area contributed by atoms with Gasteiger partial charge in [-0.05, 0) is 0 Å². The van der Waals surface area contributed by atoms with Crippen molar-refractivity contribution in [2.75, 3.05) is 0 Å². The predicted molar refractivity (Wildman–Crippen MR) is 189 cm³/mol. The van der Waals surface area contributed by atoms with Crippen molar-refractivity contribution >= 4 is 5.97 Å². The Labute approximate surface area is 289 Å². The minimum atomic E-state index is -0.651. The molecule has 0 fully saturated rings. The number of nitrogens with zero attached hydrogens (tertiary/aromatic N) is 2. The first-order valence-corrected chi connectivity index (χ1v) is 18.6. The van der Waals surface area contributed by atoms with E-state index in [1.807, 2.05) is 36.4 Å². The summed E-state index contributed by atoms with van der Waals surface area (Å²) in [6.07, 6.45) is 4.48. The zero-order chi connectivity index (χ0) is 33.7. The topological polar surface area (TPSA) is 36.2 Å². The van der Waals surface area contributed by atoms with E-state index in [1.165, 1.54) is 37.3 Å². The van der Waals surface area contributed by atoms with Crippen molar-refractivity contribution in [2.45, 2.75) is 79.1 Å². The summed E-state index contributed by atoms with van der Waals surface area (Å²) in [4.78, 5) is 12.9. The fourth-order valence-electron chi connectivity index (χ4n) is 5.80. The van der Waals surface area contributed by atoms with Gasteiger partial charge in [0.2, 0.25) is 0 Å². The third-order valence-corrected chi connectivity index (χ3v) is 10.3. The van der Waals surface area contributed by atoms with Gasteiger partial charge in [0.25, 0.3) is 0 Å². The molecule has 0 saturated carbocycles. The standard InChI is InChI=1S/C27H36N2.C15H9O2.Au/c1-18(2)22-11-9-12-23(19(3)4)26(22)28-15-16-29(17-28)27-24(20(5)6)13-10-14-25(27)21(7)8;1-2-12-7-6-8-13(11-12)15(16)17-14-9-4-3-5-10-14;/h9-16,18-21H,1-8H3;3-11H;. The maximum atomic E-state index is 12.9. The van der Waals surface area contributed by atoms with Crippen LogP contribution < -0.4 is 4.74 Å². The quantitative estimate of drug-likeness (QED) is 0.0678. The van der Waals surface area contributed by atoms with Crippen LogP contribution in [0.3, 0.4) is 0 Å². The van der Waals surface area contributed by atoms with E-state index < -0.39 is 25.3 Å². The molecule has 0 bridgehead atoms. The molecule has 4 aromatic carbocycles. The normalized spacial score (nSPS) is 11.4. The Hall–Kier alpha value is -4.14. The molecule has 5 heteroatoms. The Morgan fingerprint density at radius 3 is 1.55 bits per heavy atom. The number of imidazole rings is 1. The summed E-state index contributed by atoms with van der Waals surface area (Å²) in [6, 6.07) is 30.0. The summed E-state index contributed by atoms with van der Waals surface area (Å²) in [5.74, 6) is 4.99. The second-order valence-electron chi connectivity index (χ2n) is 13.0. The molecule has 0 amide bonds. The van der Waals surface area contributed by atoms with Gasteiger partial charge in [-0.2, -0.15) is 0 Å². The van der Waals surface area contributed by atoms with Crippen LogP contribution in [-0.4, -0.2) is 15.1 Å².